The first-order chi connectivity index (χ1) is 14.2. The predicted octanol–water partition coefficient (Wildman–Crippen LogP) is 3.43. The molecule has 0 bridgehead atoms. The van der Waals surface area contributed by atoms with Crippen LogP contribution in [0.2, 0.25) is 0 Å². The summed E-state index contributed by atoms with van der Waals surface area (Å²) in [5.41, 5.74) is 2.80. The number of anilines is 1. The van der Waals surface area contributed by atoms with E-state index in [1.54, 1.807) is 16.4 Å². The number of carbonyl (C=O) groups excluding carboxylic acids is 1. The Morgan fingerprint density at radius 3 is 2.34 bits per heavy atom. The van der Waals surface area contributed by atoms with Gasteiger partial charge in [-0.1, -0.05) is 6.42 Å². The summed E-state index contributed by atoms with van der Waals surface area (Å²) in [5, 5.41) is 14.8. The highest BCUT2D eigenvalue weighted by atomic mass is 32.1. The van der Waals surface area contributed by atoms with Crippen LogP contribution in [-0.2, 0) is 9.63 Å². The van der Waals surface area contributed by atoms with Gasteiger partial charge in [0.25, 0.3) is 0 Å². The van der Waals surface area contributed by atoms with Gasteiger partial charge >= 0.3 is 5.97 Å². The van der Waals surface area contributed by atoms with Crippen LogP contribution in [0.3, 0.4) is 0 Å². The van der Waals surface area contributed by atoms with Crippen LogP contribution in [0.25, 0.3) is 0 Å². The number of thiophene rings is 1. The normalized spacial score (nSPS) is 19.5. The minimum atomic E-state index is -0.307. The number of piperazine rings is 1. The minimum absolute atomic E-state index is 0.169. The van der Waals surface area contributed by atoms with Crippen molar-refractivity contribution < 1.29 is 9.63 Å². The zero-order valence-corrected chi connectivity index (χ0v) is 17.3. The Morgan fingerprint density at radius 2 is 1.72 bits per heavy atom. The van der Waals surface area contributed by atoms with E-state index in [4.69, 9.17) is 10.1 Å². The Morgan fingerprint density at radius 1 is 1.00 bits per heavy atom. The molecule has 1 aromatic heterocycles. The Balaban J connectivity index is 1.36. The number of hydroxylamine groups is 2. The topological polar surface area (TPSA) is 59.8 Å². The number of piperidine rings is 1. The summed E-state index contributed by atoms with van der Waals surface area (Å²) in [6.45, 7) is 4.80. The summed E-state index contributed by atoms with van der Waals surface area (Å²) in [6, 6.07) is 11.5. The van der Waals surface area contributed by atoms with E-state index in [2.05, 4.69) is 21.2 Å². The SMILES string of the molecule is N#Cc1ccc(N2CCN(OC(=O)C(c3ccsc3)N3CCCCC3)CC2)cc1. The average Bonchev–Trinajstić information content (AvgIpc) is 3.29. The Bertz CT molecular complexity index is 833. The third-order valence-corrected chi connectivity index (χ3v) is 6.36. The van der Waals surface area contributed by atoms with Crippen molar-refractivity contribution in [2.45, 2.75) is 25.3 Å². The molecular weight excluding hydrogens is 384 g/mol. The molecule has 29 heavy (non-hydrogen) atoms. The van der Waals surface area contributed by atoms with E-state index in [1.807, 2.05) is 35.7 Å². The molecule has 3 heterocycles. The first-order valence-corrected chi connectivity index (χ1v) is 11.2. The number of likely N-dealkylation sites (tertiary alicyclic amines) is 1. The molecule has 2 aliphatic heterocycles. The van der Waals surface area contributed by atoms with Gasteiger partial charge in [-0.15, -0.1) is 5.06 Å². The molecule has 4 rings (SSSR count). The largest absolute Gasteiger partial charge is 0.369 e. The van der Waals surface area contributed by atoms with Crippen LogP contribution in [0, 0.1) is 11.3 Å². The van der Waals surface area contributed by atoms with Crippen molar-refractivity contribution in [2.75, 3.05) is 44.2 Å². The Labute approximate surface area is 175 Å². The van der Waals surface area contributed by atoms with Crippen molar-refractivity contribution in [3.8, 4) is 6.07 Å². The summed E-state index contributed by atoms with van der Waals surface area (Å²) >= 11 is 1.62. The number of carbonyl (C=O) groups is 1. The van der Waals surface area contributed by atoms with Gasteiger partial charge in [0.2, 0.25) is 0 Å². The molecule has 7 heteroatoms. The number of benzene rings is 1. The predicted molar refractivity (Wildman–Crippen MR) is 114 cm³/mol. The van der Waals surface area contributed by atoms with Gasteiger partial charge in [0, 0.05) is 18.8 Å². The minimum Gasteiger partial charge on any atom is -0.369 e. The van der Waals surface area contributed by atoms with E-state index in [-0.39, 0.29) is 12.0 Å². The monoisotopic (exact) mass is 410 g/mol. The van der Waals surface area contributed by atoms with E-state index in [1.165, 1.54) is 6.42 Å². The molecule has 1 aromatic carbocycles. The zero-order chi connectivity index (χ0) is 20.1. The summed E-state index contributed by atoms with van der Waals surface area (Å²) < 4.78 is 0. The highest BCUT2D eigenvalue weighted by molar-refractivity contribution is 7.08. The second-order valence-electron chi connectivity index (χ2n) is 7.54. The van der Waals surface area contributed by atoms with E-state index in [9.17, 15) is 4.79 Å². The lowest BCUT2D eigenvalue weighted by Crippen LogP contribution is -2.48. The molecule has 1 unspecified atom stereocenters. The molecule has 0 N–H and O–H groups in total. The Kier molecular flexibility index (Phi) is 6.45. The van der Waals surface area contributed by atoms with Gasteiger partial charge in [0.15, 0.2) is 0 Å². The summed E-state index contributed by atoms with van der Waals surface area (Å²) in [5.74, 6) is -0.169. The van der Waals surface area contributed by atoms with Gasteiger partial charge in [-0.05, 0) is 72.6 Å². The third-order valence-electron chi connectivity index (χ3n) is 5.66. The standard InChI is InChI=1S/C22H26N4O2S/c23-16-18-4-6-20(7-5-18)24-11-13-26(14-12-24)28-22(27)21(19-8-15-29-17-19)25-9-2-1-3-10-25/h4-8,15,17,21H,1-3,9-14H2. The lowest BCUT2D eigenvalue weighted by atomic mass is 10.0. The van der Waals surface area contributed by atoms with Gasteiger partial charge in [-0.25, -0.2) is 4.79 Å². The molecule has 2 aromatic rings. The molecule has 0 aliphatic carbocycles. The summed E-state index contributed by atoms with van der Waals surface area (Å²) in [4.78, 5) is 23.4. The van der Waals surface area contributed by atoms with Gasteiger partial charge in [0.05, 0.1) is 24.7 Å². The molecule has 0 saturated carbocycles. The van der Waals surface area contributed by atoms with E-state index in [0.717, 1.165) is 50.3 Å². The fraction of sp³-hybridized carbons (Fsp3) is 0.455. The molecule has 2 aliphatic rings. The van der Waals surface area contributed by atoms with Crippen molar-refractivity contribution >= 4 is 23.0 Å². The van der Waals surface area contributed by atoms with Crippen molar-refractivity contribution in [1.29, 1.82) is 5.26 Å². The molecule has 2 fully saturated rings. The smallest absolute Gasteiger partial charge is 0.346 e. The summed E-state index contributed by atoms with van der Waals surface area (Å²) in [6.07, 6.45) is 3.51. The van der Waals surface area contributed by atoms with Crippen LogP contribution in [0.4, 0.5) is 5.69 Å². The molecular formula is C22H26N4O2S. The molecule has 0 spiro atoms. The second kappa shape index (κ2) is 9.40. The molecule has 6 nitrogen and oxygen atoms in total. The van der Waals surface area contributed by atoms with Gasteiger partial charge in [-0.3, -0.25) is 4.90 Å². The van der Waals surface area contributed by atoms with Gasteiger partial charge < -0.3 is 9.74 Å². The fourth-order valence-electron chi connectivity index (χ4n) is 4.06. The van der Waals surface area contributed by atoms with Gasteiger partial charge in [-0.2, -0.15) is 16.6 Å². The van der Waals surface area contributed by atoms with Crippen molar-refractivity contribution in [2.24, 2.45) is 0 Å². The van der Waals surface area contributed by atoms with Gasteiger partial charge in [0.1, 0.15) is 6.04 Å². The molecule has 2 saturated heterocycles. The van der Waals surface area contributed by atoms with Crippen molar-refractivity contribution in [3.63, 3.8) is 0 Å². The van der Waals surface area contributed by atoms with Crippen LogP contribution in [0.5, 0.6) is 0 Å². The molecule has 152 valence electrons. The number of hydrogen-bond acceptors (Lipinski definition) is 7. The molecule has 0 radical (unpaired) electrons. The Hall–Kier alpha value is -2.40. The number of nitriles is 1. The first-order valence-electron chi connectivity index (χ1n) is 10.2. The summed E-state index contributed by atoms with van der Waals surface area (Å²) in [7, 11) is 0. The quantitative estimate of drug-likeness (QED) is 0.753. The van der Waals surface area contributed by atoms with Crippen molar-refractivity contribution in [3.05, 3.63) is 52.2 Å². The van der Waals surface area contributed by atoms with Crippen LogP contribution in [0.1, 0.15) is 36.4 Å². The average molecular weight is 411 g/mol. The van der Waals surface area contributed by atoms with E-state index in [0.29, 0.717) is 18.7 Å². The van der Waals surface area contributed by atoms with E-state index < -0.39 is 0 Å². The van der Waals surface area contributed by atoms with Crippen LogP contribution >= 0.6 is 11.3 Å². The molecule has 1 atom stereocenters. The van der Waals surface area contributed by atoms with Crippen LogP contribution in [0.15, 0.2) is 41.1 Å². The lowest BCUT2D eigenvalue weighted by Gasteiger charge is -2.37. The van der Waals surface area contributed by atoms with E-state index >= 15 is 0 Å². The number of hydrogen-bond donors (Lipinski definition) is 0. The number of nitrogens with zero attached hydrogens (tertiary/aromatic N) is 4. The highest BCUT2D eigenvalue weighted by Gasteiger charge is 2.32. The van der Waals surface area contributed by atoms with Crippen LogP contribution < -0.4 is 4.90 Å². The highest BCUT2D eigenvalue weighted by Crippen LogP contribution is 2.28. The fourth-order valence-corrected chi connectivity index (χ4v) is 4.74. The maximum atomic E-state index is 13.1. The maximum Gasteiger partial charge on any atom is 0.346 e. The second-order valence-corrected chi connectivity index (χ2v) is 8.32. The zero-order valence-electron chi connectivity index (χ0n) is 16.5. The maximum absolute atomic E-state index is 13.1. The third kappa shape index (κ3) is 4.78. The lowest BCUT2D eigenvalue weighted by molar-refractivity contribution is -0.198. The first kappa shape index (κ1) is 19.9. The number of rotatable bonds is 5. The van der Waals surface area contributed by atoms with Crippen molar-refractivity contribution in [1.82, 2.24) is 9.96 Å². The van der Waals surface area contributed by atoms with Crippen LogP contribution in [-0.4, -0.2) is 55.2 Å². The molecule has 0 amide bonds.